The van der Waals surface area contributed by atoms with Gasteiger partial charge in [0.25, 0.3) is 0 Å². The van der Waals surface area contributed by atoms with Crippen LogP contribution in [0, 0.1) is 11.3 Å². The Kier molecular flexibility index (Phi) is 8.68. The molecule has 8 nitrogen and oxygen atoms in total. The lowest BCUT2D eigenvalue weighted by molar-refractivity contribution is -0.116. The van der Waals surface area contributed by atoms with Crippen molar-refractivity contribution >= 4 is 40.5 Å². The Labute approximate surface area is 243 Å². The topological polar surface area (TPSA) is 112 Å². The molecule has 3 aromatic carbocycles. The normalized spacial score (nSPS) is 18.6. The highest BCUT2D eigenvalue weighted by Gasteiger charge is 2.25. The average Bonchev–Trinajstić information content (AvgIpc) is 3.23. The SMILES string of the molecule is COC(=O)Nc1ccc2c(c1)NC(=O)CCCCC(C1C=CC(c3cc(Cl)ccc3C#N)=CON1)c1cccc-2c1. The van der Waals surface area contributed by atoms with Crippen molar-refractivity contribution in [3.8, 4) is 17.2 Å². The van der Waals surface area contributed by atoms with Crippen LogP contribution in [-0.2, 0) is 14.4 Å². The van der Waals surface area contributed by atoms with Gasteiger partial charge in [-0.15, -0.1) is 5.48 Å². The molecule has 2 aliphatic rings. The number of hydrogen-bond donors (Lipinski definition) is 3. The van der Waals surface area contributed by atoms with Crippen LogP contribution in [0.4, 0.5) is 16.2 Å². The van der Waals surface area contributed by atoms with Gasteiger partial charge in [-0.1, -0.05) is 60.5 Å². The molecule has 41 heavy (non-hydrogen) atoms. The summed E-state index contributed by atoms with van der Waals surface area (Å²) in [7, 11) is 1.30. The quantitative estimate of drug-likeness (QED) is 0.309. The molecule has 0 saturated carbocycles. The molecule has 0 aromatic heterocycles. The van der Waals surface area contributed by atoms with Gasteiger partial charge in [-0.05, 0) is 54.3 Å². The minimum Gasteiger partial charge on any atom is -0.453 e. The Morgan fingerprint density at radius 1 is 1.12 bits per heavy atom. The summed E-state index contributed by atoms with van der Waals surface area (Å²) in [5, 5.41) is 15.8. The number of fused-ring (bicyclic) bond motifs is 4. The van der Waals surface area contributed by atoms with E-state index in [0.29, 0.717) is 40.4 Å². The van der Waals surface area contributed by atoms with Crippen molar-refractivity contribution in [1.82, 2.24) is 5.48 Å². The van der Waals surface area contributed by atoms with Crippen molar-refractivity contribution in [2.75, 3.05) is 17.7 Å². The van der Waals surface area contributed by atoms with Crippen molar-refractivity contribution < 1.29 is 19.2 Å². The molecule has 2 atom stereocenters. The Morgan fingerprint density at radius 2 is 2.00 bits per heavy atom. The van der Waals surface area contributed by atoms with Gasteiger partial charge in [0, 0.05) is 39.7 Å². The van der Waals surface area contributed by atoms with Gasteiger partial charge >= 0.3 is 6.09 Å². The van der Waals surface area contributed by atoms with Crippen molar-refractivity contribution in [3.05, 3.63) is 101 Å². The van der Waals surface area contributed by atoms with E-state index in [1.54, 1.807) is 36.6 Å². The molecule has 5 rings (SSSR count). The molecule has 2 aliphatic heterocycles. The lowest BCUT2D eigenvalue weighted by Crippen LogP contribution is -2.32. The number of anilines is 2. The first-order valence-electron chi connectivity index (χ1n) is 13.3. The largest absolute Gasteiger partial charge is 0.453 e. The van der Waals surface area contributed by atoms with Crippen LogP contribution in [0.2, 0.25) is 5.02 Å². The first-order valence-corrected chi connectivity index (χ1v) is 13.7. The van der Waals surface area contributed by atoms with E-state index >= 15 is 0 Å². The summed E-state index contributed by atoms with van der Waals surface area (Å²) in [4.78, 5) is 30.4. The predicted molar refractivity (Wildman–Crippen MR) is 159 cm³/mol. The van der Waals surface area contributed by atoms with Crippen LogP contribution >= 0.6 is 11.6 Å². The van der Waals surface area contributed by atoms with Crippen LogP contribution in [0.15, 0.2) is 79.1 Å². The first kappa shape index (κ1) is 28.0. The summed E-state index contributed by atoms with van der Waals surface area (Å²) in [6.07, 6.45) is 7.76. The highest BCUT2D eigenvalue weighted by Crippen LogP contribution is 2.36. The maximum Gasteiger partial charge on any atom is 0.411 e. The number of methoxy groups -OCH3 is 1. The van der Waals surface area contributed by atoms with Gasteiger partial charge in [-0.2, -0.15) is 5.26 Å². The standard InChI is InChI=1S/C32H29ClN4O4/c1-40-32(39)35-25-12-13-27-21-6-4-5-20(15-21)26(7-2-3-8-31(38)36-30(27)17-25)29-14-10-23(19-41-37-29)28-16-24(33)11-9-22(28)18-34/h4-6,9-17,19,26,29,37H,2-3,7-8H2,1H3,(H,35,39)(H,36,38). The fourth-order valence-corrected chi connectivity index (χ4v) is 5.36. The van der Waals surface area contributed by atoms with Gasteiger partial charge in [-0.3, -0.25) is 10.1 Å². The Morgan fingerprint density at radius 3 is 2.83 bits per heavy atom. The number of ether oxygens (including phenoxy) is 1. The molecule has 0 fully saturated rings. The monoisotopic (exact) mass is 568 g/mol. The zero-order chi connectivity index (χ0) is 28.8. The molecule has 2 unspecified atom stereocenters. The lowest BCUT2D eigenvalue weighted by atomic mass is 9.84. The second-order valence-corrected chi connectivity index (χ2v) is 10.3. The molecule has 0 radical (unpaired) electrons. The highest BCUT2D eigenvalue weighted by molar-refractivity contribution is 6.30. The molecule has 0 spiro atoms. The molecule has 2 amide bonds. The van der Waals surface area contributed by atoms with Gasteiger partial charge < -0.3 is 14.9 Å². The van der Waals surface area contributed by atoms with Gasteiger partial charge in [0.05, 0.1) is 30.5 Å². The van der Waals surface area contributed by atoms with Gasteiger partial charge in [-0.25, -0.2) is 4.79 Å². The molecule has 208 valence electrons. The molecule has 2 heterocycles. The molecule has 0 saturated heterocycles. The number of nitrogens with zero attached hydrogens (tertiary/aromatic N) is 1. The van der Waals surface area contributed by atoms with Crippen molar-refractivity contribution in [2.45, 2.75) is 37.6 Å². The summed E-state index contributed by atoms with van der Waals surface area (Å²) >= 11 is 6.22. The number of hydrogen-bond acceptors (Lipinski definition) is 6. The van der Waals surface area contributed by atoms with Crippen LogP contribution in [-0.4, -0.2) is 25.2 Å². The second-order valence-electron chi connectivity index (χ2n) is 9.90. The third-order valence-electron chi connectivity index (χ3n) is 7.24. The third-order valence-corrected chi connectivity index (χ3v) is 7.47. The predicted octanol–water partition coefficient (Wildman–Crippen LogP) is 7.15. The summed E-state index contributed by atoms with van der Waals surface area (Å²) in [6, 6.07) is 20.8. The molecular formula is C32H29ClN4O4. The first-order chi connectivity index (χ1) is 19.9. The molecule has 3 aromatic rings. The fourth-order valence-electron chi connectivity index (χ4n) is 5.18. The van der Waals surface area contributed by atoms with Crippen LogP contribution in [0.5, 0.6) is 0 Å². The van der Waals surface area contributed by atoms with E-state index in [-0.39, 0.29) is 17.9 Å². The van der Waals surface area contributed by atoms with E-state index in [2.05, 4.69) is 40.4 Å². The third kappa shape index (κ3) is 6.60. The molecule has 3 N–H and O–H groups in total. The molecular weight excluding hydrogens is 540 g/mol. The summed E-state index contributed by atoms with van der Waals surface area (Å²) in [5.41, 5.74) is 9.13. The number of nitrogens with one attached hydrogen (secondary N) is 3. The van der Waals surface area contributed by atoms with Crippen molar-refractivity contribution in [2.24, 2.45) is 0 Å². The Bertz CT molecular complexity index is 1580. The number of amides is 2. The molecule has 0 aliphatic carbocycles. The zero-order valence-corrected chi connectivity index (χ0v) is 23.2. The van der Waals surface area contributed by atoms with E-state index in [1.165, 1.54) is 7.11 Å². The summed E-state index contributed by atoms with van der Waals surface area (Å²) in [5.74, 6) is -0.0471. The summed E-state index contributed by atoms with van der Waals surface area (Å²) in [6.45, 7) is 0. The van der Waals surface area contributed by atoms with E-state index in [4.69, 9.17) is 21.2 Å². The summed E-state index contributed by atoms with van der Waals surface area (Å²) < 4.78 is 4.71. The minimum absolute atomic E-state index is 0.0416. The fraction of sp³-hybridized carbons (Fsp3) is 0.219. The van der Waals surface area contributed by atoms with Crippen molar-refractivity contribution in [3.63, 3.8) is 0 Å². The number of allylic oxidation sites excluding steroid dienone is 2. The Balaban J connectivity index is 1.49. The molecule has 9 heteroatoms. The van der Waals surface area contributed by atoms with E-state index in [9.17, 15) is 14.9 Å². The van der Waals surface area contributed by atoms with Crippen LogP contribution in [0.3, 0.4) is 0 Å². The maximum absolute atomic E-state index is 12.8. The van der Waals surface area contributed by atoms with E-state index < -0.39 is 6.09 Å². The van der Waals surface area contributed by atoms with Gasteiger partial charge in [0.2, 0.25) is 5.91 Å². The smallest absolute Gasteiger partial charge is 0.411 e. The number of carbonyl (C=O) groups excluding carboxylic acids is 2. The van der Waals surface area contributed by atoms with Crippen LogP contribution in [0.1, 0.15) is 48.3 Å². The van der Waals surface area contributed by atoms with E-state index in [1.807, 2.05) is 24.3 Å². The Hall–Kier alpha value is -4.58. The van der Waals surface area contributed by atoms with Gasteiger partial charge in [0.1, 0.15) is 6.26 Å². The van der Waals surface area contributed by atoms with Gasteiger partial charge in [0.15, 0.2) is 0 Å². The minimum atomic E-state index is -0.586. The van der Waals surface area contributed by atoms with Crippen LogP contribution < -0.4 is 16.1 Å². The van der Waals surface area contributed by atoms with Crippen LogP contribution in [0.25, 0.3) is 16.7 Å². The number of rotatable bonds is 3. The number of carbonyl (C=O) groups is 2. The van der Waals surface area contributed by atoms with Crippen molar-refractivity contribution in [1.29, 1.82) is 5.26 Å². The van der Waals surface area contributed by atoms with E-state index in [0.717, 1.165) is 35.1 Å². The lowest BCUT2D eigenvalue weighted by Gasteiger charge is -2.26. The zero-order valence-electron chi connectivity index (χ0n) is 22.4. The number of nitriles is 1. The highest BCUT2D eigenvalue weighted by atomic mass is 35.5. The molecule has 2 bridgehead atoms. The maximum atomic E-state index is 12.8. The number of hydroxylamine groups is 1. The second kappa shape index (κ2) is 12.7. The number of halogens is 1. The number of benzene rings is 3. The average molecular weight is 569 g/mol.